The summed E-state index contributed by atoms with van der Waals surface area (Å²) in [5.41, 5.74) is 1.56. The molecule has 2 rings (SSSR count). The lowest BCUT2D eigenvalue weighted by Gasteiger charge is -2.10. The number of rotatable bonds is 5. The molecule has 0 atom stereocenters. The number of nitrogens with zero attached hydrogens (tertiary/aromatic N) is 1. The molecule has 0 saturated carbocycles. The van der Waals surface area contributed by atoms with Crippen molar-refractivity contribution in [2.45, 2.75) is 19.5 Å². The Morgan fingerprint density at radius 1 is 1.07 bits per heavy atom. The first-order chi connectivity index (χ1) is 12.6. The molecular formula is C18H15F4N3O2. The molecule has 0 aliphatic carbocycles. The van der Waals surface area contributed by atoms with Crippen LogP contribution in [-0.4, -0.2) is 17.5 Å². The molecular weight excluding hydrogens is 366 g/mol. The standard InChI is InChI=1S/C18H15F4N3O2/c1-11(24-25-17(27)12-4-2-6-14(19)9-12)8-16(26)23-15-7-3-5-13(10-15)18(20,21)22/h2-7,9-10H,8H2,1H3,(H,23,26)(H,25,27)/b24-11+. The van der Waals surface area contributed by atoms with Gasteiger partial charge in [0.15, 0.2) is 0 Å². The van der Waals surface area contributed by atoms with E-state index in [0.717, 1.165) is 18.2 Å². The van der Waals surface area contributed by atoms with Crippen LogP contribution in [-0.2, 0) is 11.0 Å². The molecule has 0 aromatic heterocycles. The van der Waals surface area contributed by atoms with Crippen molar-refractivity contribution in [3.8, 4) is 0 Å². The third kappa shape index (κ3) is 6.21. The van der Waals surface area contributed by atoms with Gasteiger partial charge in [0.1, 0.15) is 5.82 Å². The summed E-state index contributed by atoms with van der Waals surface area (Å²) in [4.78, 5) is 23.7. The number of alkyl halides is 3. The van der Waals surface area contributed by atoms with Gasteiger partial charge in [0.25, 0.3) is 5.91 Å². The van der Waals surface area contributed by atoms with Gasteiger partial charge in [-0.1, -0.05) is 12.1 Å². The lowest BCUT2D eigenvalue weighted by Crippen LogP contribution is -2.21. The SMILES string of the molecule is C/C(CC(=O)Nc1cccc(C(F)(F)F)c1)=N\NC(=O)c1cccc(F)c1. The minimum atomic E-state index is -4.51. The minimum Gasteiger partial charge on any atom is -0.326 e. The summed E-state index contributed by atoms with van der Waals surface area (Å²) in [5, 5.41) is 6.05. The van der Waals surface area contributed by atoms with Gasteiger partial charge in [0.2, 0.25) is 5.91 Å². The minimum absolute atomic E-state index is 0.00794. The number of nitrogens with one attached hydrogen (secondary N) is 2. The van der Waals surface area contributed by atoms with Crippen molar-refractivity contribution >= 4 is 23.2 Å². The normalized spacial score (nSPS) is 11.8. The fourth-order valence-electron chi connectivity index (χ4n) is 2.09. The summed E-state index contributed by atoms with van der Waals surface area (Å²) in [6, 6.07) is 9.18. The van der Waals surface area contributed by atoms with Gasteiger partial charge in [0, 0.05) is 17.0 Å². The van der Waals surface area contributed by atoms with Crippen LogP contribution in [0.15, 0.2) is 53.6 Å². The van der Waals surface area contributed by atoms with E-state index in [2.05, 4.69) is 15.8 Å². The molecule has 0 aliphatic heterocycles. The van der Waals surface area contributed by atoms with E-state index in [1.807, 2.05) is 0 Å². The van der Waals surface area contributed by atoms with Gasteiger partial charge in [-0.25, -0.2) is 9.82 Å². The topological polar surface area (TPSA) is 70.6 Å². The maximum atomic E-state index is 13.1. The largest absolute Gasteiger partial charge is 0.416 e. The van der Waals surface area contributed by atoms with Crippen molar-refractivity contribution in [2.24, 2.45) is 5.10 Å². The Labute approximate surface area is 152 Å². The van der Waals surface area contributed by atoms with Crippen LogP contribution in [0.5, 0.6) is 0 Å². The van der Waals surface area contributed by atoms with Crippen molar-refractivity contribution in [1.29, 1.82) is 0 Å². The van der Waals surface area contributed by atoms with Crippen LogP contribution in [0.1, 0.15) is 29.3 Å². The number of benzene rings is 2. The van der Waals surface area contributed by atoms with Gasteiger partial charge in [-0.2, -0.15) is 18.3 Å². The Kier molecular flexibility index (Phi) is 6.27. The van der Waals surface area contributed by atoms with E-state index in [4.69, 9.17) is 0 Å². The second-order valence-electron chi connectivity index (χ2n) is 5.60. The van der Waals surface area contributed by atoms with Crippen LogP contribution in [0, 0.1) is 5.82 Å². The van der Waals surface area contributed by atoms with Crippen LogP contribution in [0.3, 0.4) is 0 Å². The zero-order chi connectivity index (χ0) is 20.0. The molecule has 2 aromatic rings. The Morgan fingerprint density at radius 2 is 1.78 bits per heavy atom. The monoisotopic (exact) mass is 381 g/mol. The van der Waals surface area contributed by atoms with Crippen LogP contribution in [0.25, 0.3) is 0 Å². The second kappa shape index (κ2) is 8.43. The summed E-state index contributed by atoms with van der Waals surface area (Å²) in [7, 11) is 0. The van der Waals surface area contributed by atoms with Crippen LogP contribution in [0.4, 0.5) is 23.2 Å². The molecule has 5 nitrogen and oxygen atoms in total. The van der Waals surface area contributed by atoms with Crippen molar-refractivity contribution in [1.82, 2.24) is 5.43 Å². The summed E-state index contributed by atoms with van der Waals surface area (Å²) in [5.74, 6) is -1.84. The predicted molar refractivity (Wildman–Crippen MR) is 91.7 cm³/mol. The lowest BCUT2D eigenvalue weighted by atomic mass is 10.2. The van der Waals surface area contributed by atoms with Crippen molar-refractivity contribution < 1.29 is 27.2 Å². The average molecular weight is 381 g/mol. The number of amides is 2. The molecule has 2 N–H and O–H groups in total. The molecule has 0 unspecified atom stereocenters. The van der Waals surface area contributed by atoms with Gasteiger partial charge in [-0.15, -0.1) is 0 Å². The zero-order valence-electron chi connectivity index (χ0n) is 14.1. The zero-order valence-corrected chi connectivity index (χ0v) is 14.1. The number of hydrogen-bond acceptors (Lipinski definition) is 3. The quantitative estimate of drug-likeness (QED) is 0.467. The Balaban J connectivity index is 1.93. The predicted octanol–water partition coefficient (Wildman–Crippen LogP) is 3.98. The average Bonchev–Trinajstić information content (AvgIpc) is 2.59. The molecule has 0 radical (unpaired) electrons. The number of anilines is 1. The van der Waals surface area contributed by atoms with Crippen LogP contribution in [0.2, 0.25) is 0 Å². The number of carbonyl (C=O) groups is 2. The summed E-state index contributed by atoms with van der Waals surface area (Å²) >= 11 is 0. The Morgan fingerprint density at radius 3 is 2.44 bits per heavy atom. The van der Waals surface area contributed by atoms with Gasteiger partial charge in [-0.3, -0.25) is 9.59 Å². The maximum Gasteiger partial charge on any atom is 0.416 e. The summed E-state index contributed by atoms with van der Waals surface area (Å²) < 4.78 is 51.1. The van der Waals surface area contributed by atoms with Gasteiger partial charge in [-0.05, 0) is 43.3 Å². The molecule has 0 heterocycles. The molecule has 0 bridgehead atoms. The second-order valence-corrected chi connectivity index (χ2v) is 5.60. The molecule has 142 valence electrons. The maximum absolute atomic E-state index is 13.1. The highest BCUT2D eigenvalue weighted by molar-refractivity contribution is 6.06. The molecule has 0 saturated heterocycles. The van der Waals surface area contributed by atoms with E-state index < -0.39 is 29.4 Å². The highest BCUT2D eigenvalue weighted by atomic mass is 19.4. The Hall–Kier alpha value is -3.23. The van der Waals surface area contributed by atoms with Crippen LogP contribution >= 0.6 is 0 Å². The van der Waals surface area contributed by atoms with Gasteiger partial charge < -0.3 is 5.32 Å². The fourth-order valence-corrected chi connectivity index (χ4v) is 2.09. The van der Waals surface area contributed by atoms with Crippen molar-refractivity contribution in [3.63, 3.8) is 0 Å². The first-order valence-electron chi connectivity index (χ1n) is 7.71. The van der Waals surface area contributed by atoms with E-state index >= 15 is 0 Å². The third-order valence-electron chi connectivity index (χ3n) is 3.33. The molecule has 0 spiro atoms. The third-order valence-corrected chi connectivity index (χ3v) is 3.33. The molecule has 9 heteroatoms. The summed E-state index contributed by atoms with van der Waals surface area (Å²) in [6.45, 7) is 1.46. The first kappa shape index (κ1) is 20.1. The number of halogens is 4. The Bertz CT molecular complexity index is 879. The van der Waals surface area contributed by atoms with Gasteiger partial charge >= 0.3 is 6.18 Å². The molecule has 0 fully saturated rings. The van der Waals surface area contributed by atoms with E-state index in [9.17, 15) is 27.2 Å². The molecule has 27 heavy (non-hydrogen) atoms. The van der Waals surface area contributed by atoms with Gasteiger partial charge in [0.05, 0.1) is 12.0 Å². The number of hydrogen-bond donors (Lipinski definition) is 2. The molecule has 0 aliphatic rings. The highest BCUT2D eigenvalue weighted by Gasteiger charge is 2.30. The van der Waals surface area contributed by atoms with E-state index in [1.54, 1.807) is 0 Å². The number of hydrazone groups is 1. The smallest absolute Gasteiger partial charge is 0.326 e. The lowest BCUT2D eigenvalue weighted by molar-refractivity contribution is -0.137. The van der Waals surface area contributed by atoms with Crippen molar-refractivity contribution in [2.75, 3.05) is 5.32 Å². The van der Waals surface area contributed by atoms with E-state index in [-0.39, 0.29) is 23.4 Å². The van der Waals surface area contributed by atoms with Crippen molar-refractivity contribution in [3.05, 3.63) is 65.5 Å². The summed E-state index contributed by atoms with van der Waals surface area (Å²) in [6.07, 6.45) is -4.76. The molecule has 2 aromatic carbocycles. The van der Waals surface area contributed by atoms with E-state index in [1.165, 1.54) is 37.3 Å². The van der Waals surface area contributed by atoms with E-state index in [0.29, 0.717) is 0 Å². The first-order valence-corrected chi connectivity index (χ1v) is 7.71. The highest BCUT2D eigenvalue weighted by Crippen LogP contribution is 2.30. The number of carbonyl (C=O) groups excluding carboxylic acids is 2. The fraction of sp³-hybridized carbons (Fsp3) is 0.167. The molecule has 2 amide bonds. The van der Waals surface area contributed by atoms with Crippen LogP contribution < -0.4 is 10.7 Å².